The van der Waals surface area contributed by atoms with E-state index in [1.165, 1.54) is 96.3 Å². The summed E-state index contributed by atoms with van der Waals surface area (Å²) in [7, 11) is 0. The second-order valence-corrected chi connectivity index (χ2v) is 16.5. The van der Waals surface area contributed by atoms with Crippen LogP contribution in [0.4, 0.5) is 0 Å². The second kappa shape index (κ2) is 36.4. The number of carbonyl (C=O) groups is 1. The lowest BCUT2D eigenvalue weighted by Gasteiger charge is -2.40. The lowest BCUT2D eigenvalue weighted by atomic mass is 9.98. The molecule has 1 rings (SSSR count). The molecule has 57 heavy (non-hydrogen) atoms. The monoisotopic (exact) mass is 814 g/mol. The fourth-order valence-corrected chi connectivity index (χ4v) is 7.32. The van der Waals surface area contributed by atoms with Crippen LogP contribution >= 0.6 is 0 Å². The molecular weight excluding hydrogens is 727 g/mol. The van der Waals surface area contributed by atoms with Gasteiger partial charge < -0.3 is 50.5 Å². The molecule has 11 nitrogen and oxygen atoms in total. The average Bonchev–Trinajstić information content (AvgIpc) is 3.21. The van der Waals surface area contributed by atoms with Crippen molar-refractivity contribution in [3.05, 3.63) is 24.3 Å². The van der Waals surface area contributed by atoms with Crippen LogP contribution in [0.1, 0.15) is 194 Å². The fraction of sp³-hybridized carbons (Fsp3) is 0.891. The van der Waals surface area contributed by atoms with Crippen LogP contribution < -0.4 is 5.32 Å². The van der Waals surface area contributed by atoms with Crippen molar-refractivity contribution in [3.63, 3.8) is 0 Å². The number of nitrogens with one attached hydrogen (secondary N) is 1. The summed E-state index contributed by atoms with van der Waals surface area (Å²) in [6.07, 6.45) is 28.0. The van der Waals surface area contributed by atoms with Gasteiger partial charge in [0.25, 0.3) is 0 Å². The van der Waals surface area contributed by atoms with Gasteiger partial charge in [-0.2, -0.15) is 0 Å². The molecular formula is C46H87NO10. The highest BCUT2D eigenvalue weighted by Gasteiger charge is 2.44. The Morgan fingerprint density at radius 3 is 1.51 bits per heavy atom. The van der Waals surface area contributed by atoms with Crippen LogP contribution in [-0.4, -0.2) is 110 Å². The Morgan fingerprint density at radius 2 is 1.04 bits per heavy atom. The maximum Gasteiger partial charge on any atom is 0.249 e. The Hall–Kier alpha value is -1.41. The van der Waals surface area contributed by atoms with E-state index in [1.54, 1.807) is 0 Å². The van der Waals surface area contributed by atoms with E-state index < -0.39 is 74.2 Å². The van der Waals surface area contributed by atoms with E-state index in [0.29, 0.717) is 12.8 Å². The zero-order valence-electron chi connectivity index (χ0n) is 36.1. The van der Waals surface area contributed by atoms with Crippen molar-refractivity contribution in [3.8, 4) is 0 Å². The fourth-order valence-electron chi connectivity index (χ4n) is 7.32. The minimum atomic E-state index is -1.67. The number of hydrogen-bond acceptors (Lipinski definition) is 10. The molecule has 11 heteroatoms. The minimum absolute atomic E-state index is 0.247. The summed E-state index contributed by atoms with van der Waals surface area (Å²) in [5.41, 5.74) is 0. The quantitative estimate of drug-likeness (QED) is 0.0230. The van der Waals surface area contributed by atoms with Gasteiger partial charge in [0.15, 0.2) is 6.29 Å². The van der Waals surface area contributed by atoms with Gasteiger partial charge in [0.05, 0.1) is 25.4 Å². The van der Waals surface area contributed by atoms with Crippen LogP contribution in [0.3, 0.4) is 0 Å². The molecule has 1 saturated heterocycles. The van der Waals surface area contributed by atoms with Crippen molar-refractivity contribution >= 4 is 5.91 Å². The summed E-state index contributed by atoms with van der Waals surface area (Å²) in [5.74, 6) is -0.712. The Morgan fingerprint density at radius 1 is 0.596 bits per heavy atom. The molecule has 0 radical (unpaired) electrons. The minimum Gasteiger partial charge on any atom is -0.394 e. The molecule has 8 N–H and O–H groups in total. The first-order valence-corrected chi connectivity index (χ1v) is 23.2. The van der Waals surface area contributed by atoms with Crippen LogP contribution in [0.15, 0.2) is 24.3 Å². The summed E-state index contributed by atoms with van der Waals surface area (Å²) in [4.78, 5) is 13.1. The maximum absolute atomic E-state index is 13.1. The number of ether oxygens (including phenoxy) is 2. The molecule has 1 aliphatic heterocycles. The highest BCUT2D eigenvalue weighted by molar-refractivity contribution is 5.80. The van der Waals surface area contributed by atoms with Crippen molar-refractivity contribution in [1.29, 1.82) is 0 Å². The predicted octanol–water partition coefficient (Wildman–Crippen LogP) is 7.45. The van der Waals surface area contributed by atoms with Crippen molar-refractivity contribution in [1.82, 2.24) is 5.32 Å². The number of aliphatic hydroxyl groups excluding tert-OH is 7. The molecule has 1 amide bonds. The van der Waals surface area contributed by atoms with E-state index >= 15 is 0 Å². The summed E-state index contributed by atoms with van der Waals surface area (Å²) in [5, 5.41) is 75.5. The third kappa shape index (κ3) is 26.4. The Balaban J connectivity index is 2.46. The second-order valence-electron chi connectivity index (χ2n) is 16.5. The first-order valence-electron chi connectivity index (χ1n) is 23.2. The summed E-state index contributed by atoms with van der Waals surface area (Å²) >= 11 is 0. The number of carbonyl (C=O) groups excluding carboxylic acids is 1. The van der Waals surface area contributed by atoms with Crippen LogP contribution in [-0.2, 0) is 14.3 Å². The molecule has 1 aliphatic rings. The van der Waals surface area contributed by atoms with E-state index in [1.807, 2.05) is 0 Å². The summed E-state index contributed by atoms with van der Waals surface area (Å²) < 4.78 is 11.1. The first-order chi connectivity index (χ1) is 27.7. The van der Waals surface area contributed by atoms with Crippen LogP contribution in [0.2, 0.25) is 0 Å². The van der Waals surface area contributed by atoms with Gasteiger partial charge in [-0.3, -0.25) is 4.79 Å². The predicted molar refractivity (Wildman–Crippen MR) is 229 cm³/mol. The molecule has 0 aromatic heterocycles. The third-order valence-electron chi connectivity index (χ3n) is 11.2. The normalized spacial score (nSPS) is 22.3. The number of allylic oxidation sites excluding steroid dienone is 4. The van der Waals surface area contributed by atoms with Crippen LogP contribution in [0.5, 0.6) is 0 Å². The van der Waals surface area contributed by atoms with Gasteiger partial charge in [0, 0.05) is 0 Å². The number of amides is 1. The van der Waals surface area contributed by atoms with Gasteiger partial charge in [-0.15, -0.1) is 0 Å². The number of rotatable bonds is 38. The lowest BCUT2D eigenvalue weighted by molar-refractivity contribution is -0.303. The first kappa shape index (κ1) is 53.6. The number of unbranched alkanes of at least 4 members (excludes halogenated alkanes) is 22. The van der Waals surface area contributed by atoms with Crippen LogP contribution in [0.25, 0.3) is 0 Å². The van der Waals surface area contributed by atoms with E-state index in [2.05, 4.69) is 43.5 Å². The Labute approximate surface area is 346 Å². The molecule has 0 aromatic rings. The lowest BCUT2D eigenvalue weighted by Crippen LogP contribution is -2.60. The molecule has 0 saturated carbocycles. The molecule has 1 fully saturated rings. The van der Waals surface area contributed by atoms with Crippen molar-refractivity contribution in [2.75, 3.05) is 13.2 Å². The zero-order valence-corrected chi connectivity index (χ0v) is 36.1. The third-order valence-corrected chi connectivity index (χ3v) is 11.2. The molecule has 0 aromatic carbocycles. The molecule has 0 aliphatic carbocycles. The highest BCUT2D eigenvalue weighted by Crippen LogP contribution is 2.23. The van der Waals surface area contributed by atoms with Gasteiger partial charge in [0.2, 0.25) is 5.91 Å². The topological polar surface area (TPSA) is 189 Å². The maximum atomic E-state index is 13.1. The van der Waals surface area contributed by atoms with Crippen LogP contribution in [0, 0.1) is 0 Å². The average molecular weight is 814 g/mol. The van der Waals surface area contributed by atoms with Crippen molar-refractivity contribution in [2.24, 2.45) is 0 Å². The number of hydrogen-bond donors (Lipinski definition) is 8. The van der Waals surface area contributed by atoms with Crippen molar-refractivity contribution in [2.45, 2.75) is 249 Å². The van der Waals surface area contributed by atoms with Gasteiger partial charge in [-0.1, -0.05) is 154 Å². The molecule has 0 bridgehead atoms. The molecule has 0 spiro atoms. The zero-order chi connectivity index (χ0) is 41.9. The van der Waals surface area contributed by atoms with Gasteiger partial charge in [0.1, 0.15) is 36.6 Å². The van der Waals surface area contributed by atoms with E-state index in [0.717, 1.165) is 57.8 Å². The standard InChI is InChI=1S/C46H87NO10/c1-3-5-7-9-11-13-15-17-18-19-20-21-22-24-26-28-30-32-34-39(50)45(55)47-37(36-56-46-44(54)43(53)42(52)40(35-48)57-46)41(51)38(49)33-31-29-27-25-23-16-14-12-10-8-6-4-2/h19-20,25,27,37-44,46,48-54H,3-18,21-24,26,28-36H2,1-2H3,(H,47,55)/b20-19-,27-25+. The Bertz CT molecular complexity index is 981. The highest BCUT2D eigenvalue weighted by atomic mass is 16.7. The molecule has 336 valence electrons. The van der Waals surface area contributed by atoms with E-state index in [-0.39, 0.29) is 12.8 Å². The Kier molecular flexibility index (Phi) is 34.3. The number of aliphatic hydroxyl groups is 7. The van der Waals surface area contributed by atoms with Gasteiger partial charge >= 0.3 is 0 Å². The molecule has 1 heterocycles. The molecule has 9 atom stereocenters. The molecule has 9 unspecified atom stereocenters. The van der Waals surface area contributed by atoms with Gasteiger partial charge in [-0.05, 0) is 64.2 Å². The largest absolute Gasteiger partial charge is 0.394 e. The van der Waals surface area contributed by atoms with E-state index in [9.17, 15) is 40.5 Å². The smallest absolute Gasteiger partial charge is 0.249 e. The SMILES string of the molecule is CCCCCCCCC/C=C/CCCC(O)C(O)C(COC1OC(CO)C(O)C(O)C1O)NC(=O)C(O)CCCCCCCC/C=C\CCCCCCCCCC. The summed E-state index contributed by atoms with van der Waals surface area (Å²) in [6.45, 7) is 3.40. The van der Waals surface area contributed by atoms with E-state index in [4.69, 9.17) is 9.47 Å². The van der Waals surface area contributed by atoms with Gasteiger partial charge in [-0.25, -0.2) is 0 Å². The summed E-state index contributed by atoms with van der Waals surface area (Å²) in [6, 6.07) is -1.18. The van der Waals surface area contributed by atoms with Crippen molar-refractivity contribution < 1.29 is 50.0 Å².